The van der Waals surface area contributed by atoms with Gasteiger partial charge in [-0.15, -0.1) is 0 Å². The maximum absolute atomic E-state index is 13.1. The Balaban J connectivity index is 5.20. The molecule has 0 radical (unpaired) electrons. The fourth-order valence-corrected chi connectivity index (χ4v) is 14.2. The Morgan fingerprint density at radius 1 is 0.270 bits per heavy atom. The van der Waals surface area contributed by atoms with Gasteiger partial charge in [0.05, 0.1) is 26.4 Å². The van der Waals surface area contributed by atoms with Gasteiger partial charge in [0.15, 0.2) is 12.2 Å². The fourth-order valence-electron chi connectivity index (χ4n) is 12.6. The number of carbonyl (C=O) groups excluding carboxylic acids is 4. The lowest BCUT2D eigenvalue weighted by Gasteiger charge is -2.21. The largest absolute Gasteiger partial charge is 0.472 e. The molecule has 594 valence electrons. The Kier molecular flexibility index (Phi) is 72.5. The first-order chi connectivity index (χ1) is 48.5. The zero-order valence-electron chi connectivity index (χ0n) is 65.3. The van der Waals surface area contributed by atoms with Crippen molar-refractivity contribution in [1.82, 2.24) is 0 Å². The summed E-state index contributed by atoms with van der Waals surface area (Å²) in [5.41, 5.74) is 0. The van der Waals surface area contributed by atoms with Crippen molar-refractivity contribution >= 4 is 39.5 Å². The Bertz CT molecular complexity index is 1910. The van der Waals surface area contributed by atoms with Crippen LogP contribution in [0.3, 0.4) is 0 Å². The zero-order chi connectivity index (χ0) is 73.4. The van der Waals surface area contributed by atoms with Crippen molar-refractivity contribution in [1.29, 1.82) is 0 Å². The molecule has 17 nitrogen and oxygen atoms in total. The number of aliphatic hydroxyl groups excluding tert-OH is 1. The molecule has 0 aliphatic rings. The lowest BCUT2D eigenvalue weighted by Crippen LogP contribution is -2.30. The molecule has 3 N–H and O–H groups in total. The van der Waals surface area contributed by atoms with Gasteiger partial charge in [0, 0.05) is 25.7 Å². The van der Waals surface area contributed by atoms with Crippen LogP contribution in [0.25, 0.3) is 0 Å². The summed E-state index contributed by atoms with van der Waals surface area (Å²) in [6.07, 6.45) is 65.2. The second-order valence-corrected chi connectivity index (χ2v) is 32.5. The van der Waals surface area contributed by atoms with Crippen LogP contribution in [0.5, 0.6) is 0 Å². The maximum atomic E-state index is 13.1. The Morgan fingerprint density at radius 3 is 0.680 bits per heavy atom. The van der Waals surface area contributed by atoms with Gasteiger partial charge in [0.2, 0.25) is 0 Å². The first-order valence-electron chi connectivity index (χ1n) is 42.1. The molecule has 0 aromatic carbocycles. The van der Waals surface area contributed by atoms with Gasteiger partial charge < -0.3 is 33.8 Å². The average Bonchev–Trinajstić information content (AvgIpc) is 1.02. The standard InChI is InChI=1S/C81H158O17P2/c1-6-9-12-15-18-21-24-26-28-29-30-31-32-33-34-35-37-41-47-52-57-62-67-81(86)98-77(71-92-79(84)65-60-55-50-45-42-38-39-43-48-53-58-63-74(4)5)73-96-100(89,90)94-69-75(82)68-93-99(87,88)95-72-76(70-91-78(83)64-59-54-49-44-23-20-17-14-11-8-3)97-80(85)66-61-56-51-46-40-36-27-25-22-19-16-13-10-7-2/h74-77,82H,6-73H2,1-5H3,(H,87,88)(H,89,90)/t75-,76+,77+/m0/s1. The molecule has 0 rings (SSSR count). The molecule has 5 atom stereocenters. The number of hydrogen-bond donors (Lipinski definition) is 3. The summed E-state index contributed by atoms with van der Waals surface area (Å²) in [5.74, 6) is -1.34. The van der Waals surface area contributed by atoms with Crippen LogP contribution >= 0.6 is 15.6 Å². The monoisotopic (exact) mass is 1470 g/mol. The third kappa shape index (κ3) is 74.3. The summed E-state index contributed by atoms with van der Waals surface area (Å²) in [6, 6.07) is 0. The molecule has 0 heterocycles. The van der Waals surface area contributed by atoms with Crippen molar-refractivity contribution in [2.45, 2.75) is 451 Å². The zero-order valence-corrected chi connectivity index (χ0v) is 67.1. The summed E-state index contributed by atoms with van der Waals surface area (Å²) < 4.78 is 68.7. The lowest BCUT2D eigenvalue weighted by molar-refractivity contribution is -0.161. The maximum Gasteiger partial charge on any atom is 0.472 e. The molecule has 0 aromatic heterocycles. The van der Waals surface area contributed by atoms with Gasteiger partial charge in [-0.1, -0.05) is 381 Å². The molecule has 0 saturated heterocycles. The minimum atomic E-state index is -4.96. The predicted octanol–water partition coefficient (Wildman–Crippen LogP) is 24.4. The molecule has 0 aliphatic heterocycles. The molecule has 19 heteroatoms. The number of esters is 4. The predicted molar refractivity (Wildman–Crippen MR) is 409 cm³/mol. The third-order valence-corrected chi connectivity index (χ3v) is 20.9. The number of rotatable bonds is 81. The second-order valence-electron chi connectivity index (χ2n) is 29.6. The van der Waals surface area contributed by atoms with Crippen LogP contribution in [-0.2, 0) is 65.4 Å². The number of aliphatic hydroxyl groups is 1. The van der Waals surface area contributed by atoms with Gasteiger partial charge in [-0.2, -0.15) is 0 Å². The van der Waals surface area contributed by atoms with E-state index in [4.69, 9.17) is 37.0 Å². The van der Waals surface area contributed by atoms with Crippen molar-refractivity contribution in [3.63, 3.8) is 0 Å². The minimum absolute atomic E-state index is 0.108. The number of unbranched alkanes of at least 4 members (excludes halogenated alkanes) is 53. The normalized spacial score (nSPS) is 13.8. The van der Waals surface area contributed by atoms with E-state index in [1.807, 2.05) is 0 Å². The van der Waals surface area contributed by atoms with E-state index >= 15 is 0 Å². The van der Waals surface area contributed by atoms with Gasteiger partial charge >= 0.3 is 39.5 Å². The number of phosphoric acid groups is 2. The number of ether oxygens (including phenoxy) is 4. The minimum Gasteiger partial charge on any atom is -0.462 e. The Morgan fingerprint density at radius 2 is 0.460 bits per heavy atom. The van der Waals surface area contributed by atoms with Crippen LogP contribution < -0.4 is 0 Å². The summed E-state index contributed by atoms with van der Waals surface area (Å²) in [7, 11) is -9.92. The molecule has 100 heavy (non-hydrogen) atoms. The first-order valence-corrected chi connectivity index (χ1v) is 45.1. The van der Waals surface area contributed by atoms with Gasteiger partial charge in [-0.3, -0.25) is 37.3 Å². The van der Waals surface area contributed by atoms with E-state index in [0.717, 1.165) is 95.8 Å². The molecule has 0 fully saturated rings. The first kappa shape index (κ1) is 98.1. The van der Waals surface area contributed by atoms with Crippen LogP contribution in [0.4, 0.5) is 0 Å². The molecule has 0 spiro atoms. The summed E-state index contributed by atoms with van der Waals surface area (Å²) >= 11 is 0. The van der Waals surface area contributed by atoms with E-state index in [-0.39, 0.29) is 25.7 Å². The molecular weight excluding hydrogens is 1310 g/mol. The number of hydrogen-bond acceptors (Lipinski definition) is 15. The lowest BCUT2D eigenvalue weighted by atomic mass is 10.0. The van der Waals surface area contributed by atoms with Crippen LogP contribution in [0.1, 0.15) is 433 Å². The quantitative estimate of drug-likeness (QED) is 0.0222. The van der Waals surface area contributed by atoms with E-state index < -0.39 is 97.5 Å². The summed E-state index contributed by atoms with van der Waals surface area (Å²) in [6.45, 7) is 7.32. The van der Waals surface area contributed by atoms with Gasteiger partial charge in [0.25, 0.3) is 0 Å². The van der Waals surface area contributed by atoms with Crippen molar-refractivity contribution in [3.05, 3.63) is 0 Å². The highest BCUT2D eigenvalue weighted by molar-refractivity contribution is 7.47. The van der Waals surface area contributed by atoms with Crippen LogP contribution in [0.15, 0.2) is 0 Å². The third-order valence-electron chi connectivity index (χ3n) is 19.0. The van der Waals surface area contributed by atoms with E-state index in [9.17, 15) is 43.2 Å². The van der Waals surface area contributed by atoms with Crippen LogP contribution in [0.2, 0.25) is 0 Å². The molecule has 0 aromatic rings. The number of phosphoric ester groups is 2. The average molecular weight is 1470 g/mol. The summed E-state index contributed by atoms with van der Waals surface area (Å²) in [4.78, 5) is 73.0. The smallest absolute Gasteiger partial charge is 0.462 e. The second kappa shape index (κ2) is 73.9. The van der Waals surface area contributed by atoms with Gasteiger partial charge in [-0.25, -0.2) is 9.13 Å². The molecular formula is C81H158O17P2. The van der Waals surface area contributed by atoms with E-state index in [2.05, 4.69) is 34.6 Å². The topological polar surface area (TPSA) is 237 Å². The van der Waals surface area contributed by atoms with E-state index in [0.29, 0.717) is 25.7 Å². The molecule has 0 bridgehead atoms. The molecule has 2 unspecified atom stereocenters. The SMILES string of the molecule is CCCCCCCCCCCCCCCCCCCCCCCCC(=O)O[C@H](COC(=O)CCCCCCCCCCCCCC(C)C)COP(=O)(O)OC[C@@H](O)COP(=O)(O)OC[C@@H](COC(=O)CCCCCCCCCCCC)OC(=O)CCCCCCCCCCCCCCCC. The highest BCUT2D eigenvalue weighted by Crippen LogP contribution is 2.45. The summed E-state index contributed by atoms with van der Waals surface area (Å²) in [5, 5.41) is 10.6. The van der Waals surface area contributed by atoms with E-state index in [1.54, 1.807) is 0 Å². The highest BCUT2D eigenvalue weighted by Gasteiger charge is 2.30. The van der Waals surface area contributed by atoms with Crippen molar-refractivity contribution in [2.24, 2.45) is 5.92 Å². The molecule has 0 aliphatic carbocycles. The Hall–Kier alpha value is -1.94. The van der Waals surface area contributed by atoms with E-state index in [1.165, 1.54) is 257 Å². The van der Waals surface area contributed by atoms with Crippen LogP contribution in [-0.4, -0.2) is 96.7 Å². The molecule has 0 amide bonds. The highest BCUT2D eigenvalue weighted by atomic mass is 31.2. The number of carbonyl (C=O) groups is 4. The van der Waals surface area contributed by atoms with Crippen molar-refractivity contribution < 1.29 is 80.2 Å². The van der Waals surface area contributed by atoms with Crippen molar-refractivity contribution in [2.75, 3.05) is 39.6 Å². The van der Waals surface area contributed by atoms with Gasteiger partial charge in [-0.05, 0) is 31.6 Å². The van der Waals surface area contributed by atoms with Gasteiger partial charge in [0.1, 0.15) is 19.3 Å². The molecule has 0 saturated carbocycles. The van der Waals surface area contributed by atoms with Crippen molar-refractivity contribution in [3.8, 4) is 0 Å². The van der Waals surface area contributed by atoms with Crippen LogP contribution in [0, 0.1) is 5.92 Å². The fraction of sp³-hybridized carbons (Fsp3) is 0.951. The Labute approximate surface area is 613 Å².